The summed E-state index contributed by atoms with van der Waals surface area (Å²) in [5, 5.41) is 0. The minimum Gasteiger partial charge on any atom is -0.325 e. The summed E-state index contributed by atoms with van der Waals surface area (Å²) in [7, 11) is 0. The van der Waals surface area contributed by atoms with Crippen molar-refractivity contribution >= 4 is 18.5 Å². The number of hydrogen-bond donors (Lipinski definition) is 2. The molecule has 0 unspecified atom stereocenters. The van der Waals surface area contributed by atoms with Crippen LogP contribution in [0.2, 0.25) is 0 Å². The van der Waals surface area contributed by atoms with Gasteiger partial charge in [0.2, 0.25) is 0 Å². The molecule has 0 spiro atoms. The third-order valence-corrected chi connectivity index (χ3v) is 5.14. The number of hydrogen-bond acceptors (Lipinski definition) is 2. The number of benzene rings is 2. The van der Waals surface area contributed by atoms with Gasteiger partial charge in [-0.2, -0.15) is 0 Å². The molecule has 0 aromatic heterocycles. The molecule has 0 aliphatic heterocycles. The van der Waals surface area contributed by atoms with Crippen LogP contribution in [0.15, 0.2) is 60.7 Å². The van der Waals surface area contributed by atoms with E-state index in [2.05, 4.69) is 72.5 Å². The molecule has 0 bridgehead atoms. The molecular weight excluding hydrogens is 351 g/mol. The zero-order valence-corrected chi connectivity index (χ0v) is 16.2. The molecule has 0 aliphatic carbocycles. The third kappa shape index (κ3) is 8.26. The van der Waals surface area contributed by atoms with Crippen molar-refractivity contribution in [2.75, 3.05) is 6.61 Å². The molecule has 0 saturated carbocycles. The van der Waals surface area contributed by atoms with Crippen LogP contribution in [0.25, 0.3) is 0 Å². The monoisotopic (exact) mass is 378 g/mol. The van der Waals surface area contributed by atoms with Crippen molar-refractivity contribution in [3.05, 3.63) is 71.8 Å². The SMILES string of the molecule is OP(O)(=S)OCCCCCCCC(c1ccccc1)c1ccccc1. The zero-order valence-electron chi connectivity index (χ0n) is 14.5. The van der Waals surface area contributed by atoms with Gasteiger partial charge in [-0.3, -0.25) is 0 Å². The molecular formula is C20H27O3PS. The fourth-order valence-corrected chi connectivity index (χ4v) is 3.65. The molecule has 0 fully saturated rings. The van der Waals surface area contributed by atoms with Crippen molar-refractivity contribution in [3.8, 4) is 0 Å². The maximum Gasteiger partial charge on any atom is 0.321 e. The van der Waals surface area contributed by atoms with E-state index in [0.717, 1.165) is 25.7 Å². The van der Waals surface area contributed by atoms with Crippen molar-refractivity contribution < 1.29 is 14.3 Å². The van der Waals surface area contributed by atoms with Crippen molar-refractivity contribution in [3.63, 3.8) is 0 Å². The quantitative estimate of drug-likeness (QED) is 0.407. The average molecular weight is 378 g/mol. The van der Waals surface area contributed by atoms with Crippen molar-refractivity contribution in [2.45, 2.75) is 44.4 Å². The Hall–Kier alpha value is -1.03. The molecule has 25 heavy (non-hydrogen) atoms. The zero-order chi connectivity index (χ0) is 18.0. The van der Waals surface area contributed by atoms with E-state index in [1.807, 2.05) is 0 Å². The fraction of sp³-hybridized carbons (Fsp3) is 0.400. The summed E-state index contributed by atoms with van der Waals surface area (Å²) in [6, 6.07) is 21.4. The number of unbranched alkanes of at least 4 members (excludes halogenated alkanes) is 4. The van der Waals surface area contributed by atoms with Gasteiger partial charge in [-0.15, -0.1) is 0 Å². The van der Waals surface area contributed by atoms with E-state index >= 15 is 0 Å². The highest BCUT2D eigenvalue weighted by Crippen LogP contribution is 2.36. The lowest BCUT2D eigenvalue weighted by Gasteiger charge is -2.18. The highest BCUT2D eigenvalue weighted by Gasteiger charge is 2.13. The Morgan fingerprint density at radius 3 is 1.76 bits per heavy atom. The first-order valence-corrected chi connectivity index (χ1v) is 11.5. The normalized spacial score (nSPS) is 11.8. The molecule has 0 saturated heterocycles. The molecule has 0 heterocycles. The van der Waals surface area contributed by atoms with Crippen LogP contribution in [-0.2, 0) is 16.3 Å². The summed E-state index contributed by atoms with van der Waals surface area (Å²) in [6.45, 7) is -3.14. The second-order valence-corrected chi connectivity index (χ2v) is 8.92. The maximum atomic E-state index is 9.00. The van der Waals surface area contributed by atoms with Crippen LogP contribution in [0, 0.1) is 0 Å². The van der Waals surface area contributed by atoms with Crippen LogP contribution in [0.5, 0.6) is 0 Å². The minimum absolute atomic E-state index is 0.334. The van der Waals surface area contributed by atoms with E-state index in [0.29, 0.717) is 12.5 Å². The van der Waals surface area contributed by atoms with Gasteiger partial charge in [0.25, 0.3) is 0 Å². The molecule has 2 aromatic rings. The van der Waals surface area contributed by atoms with E-state index < -0.39 is 6.72 Å². The summed E-state index contributed by atoms with van der Waals surface area (Å²) in [6.07, 6.45) is 6.45. The second-order valence-electron chi connectivity index (χ2n) is 6.25. The topological polar surface area (TPSA) is 49.7 Å². The van der Waals surface area contributed by atoms with Crippen molar-refractivity contribution in [1.82, 2.24) is 0 Å². The first kappa shape index (κ1) is 20.3. The first-order chi connectivity index (χ1) is 12.1. The standard InChI is InChI=1S/C20H27O3PS/c21-24(22,25)23-17-11-3-1-2-10-16-20(18-12-6-4-7-13-18)19-14-8-5-9-15-19/h4-9,12-15,20H,1-3,10-11,16-17H2,(H2,21,22,25). The van der Waals surface area contributed by atoms with E-state index in [-0.39, 0.29) is 0 Å². The highest BCUT2D eigenvalue weighted by atomic mass is 32.5. The molecule has 3 nitrogen and oxygen atoms in total. The van der Waals surface area contributed by atoms with E-state index in [1.165, 1.54) is 24.0 Å². The molecule has 5 heteroatoms. The third-order valence-electron chi connectivity index (χ3n) is 4.30. The van der Waals surface area contributed by atoms with Gasteiger partial charge in [0.1, 0.15) is 0 Å². The Labute approximate surface area is 155 Å². The predicted molar refractivity (Wildman–Crippen MR) is 107 cm³/mol. The average Bonchev–Trinajstić information content (AvgIpc) is 2.61. The molecule has 2 aromatic carbocycles. The smallest absolute Gasteiger partial charge is 0.321 e. The lowest BCUT2D eigenvalue weighted by molar-refractivity contribution is 0.245. The number of rotatable bonds is 11. The van der Waals surface area contributed by atoms with Crippen molar-refractivity contribution in [1.29, 1.82) is 0 Å². The summed E-state index contributed by atoms with van der Waals surface area (Å²) >= 11 is 4.43. The Morgan fingerprint density at radius 2 is 1.24 bits per heavy atom. The molecule has 136 valence electrons. The molecule has 0 aliphatic rings. The molecule has 0 amide bonds. The van der Waals surface area contributed by atoms with Gasteiger partial charge in [0.05, 0.1) is 6.61 Å². The van der Waals surface area contributed by atoms with Gasteiger partial charge in [0, 0.05) is 5.92 Å². The summed E-state index contributed by atoms with van der Waals surface area (Å²) in [5.74, 6) is 0.445. The summed E-state index contributed by atoms with van der Waals surface area (Å²) < 4.78 is 4.83. The highest BCUT2D eigenvalue weighted by molar-refractivity contribution is 8.06. The van der Waals surface area contributed by atoms with Gasteiger partial charge in [-0.1, -0.05) is 86.3 Å². The summed E-state index contributed by atoms with van der Waals surface area (Å²) in [5.41, 5.74) is 2.75. The fourth-order valence-electron chi connectivity index (χ4n) is 3.06. The van der Waals surface area contributed by atoms with Crippen LogP contribution in [0.1, 0.15) is 55.6 Å². The van der Waals surface area contributed by atoms with Gasteiger partial charge < -0.3 is 14.3 Å². The Balaban J connectivity index is 1.75. The summed E-state index contributed by atoms with van der Waals surface area (Å²) in [4.78, 5) is 18.0. The minimum atomic E-state index is -3.47. The van der Waals surface area contributed by atoms with Crippen LogP contribution in [0.3, 0.4) is 0 Å². The second kappa shape index (κ2) is 10.8. The van der Waals surface area contributed by atoms with Crippen molar-refractivity contribution in [2.24, 2.45) is 0 Å². The lowest BCUT2D eigenvalue weighted by atomic mass is 9.87. The van der Waals surface area contributed by atoms with Crippen LogP contribution >= 0.6 is 6.72 Å². The van der Waals surface area contributed by atoms with E-state index in [9.17, 15) is 0 Å². The van der Waals surface area contributed by atoms with Crippen LogP contribution in [-0.4, -0.2) is 16.4 Å². The van der Waals surface area contributed by atoms with Gasteiger partial charge in [-0.05, 0) is 35.8 Å². The molecule has 0 atom stereocenters. The van der Waals surface area contributed by atoms with Gasteiger partial charge in [-0.25, -0.2) is 0 Å². The molecule has 2 rings (SSSR count). The van der Waals surface area contributed by atoms with E-state index in [1.54, 1.807) is 0 Å². The van der Waals surface area contributed by atoms with Crippen LogP contribution < -0.4 is 0 Å². The Morgan fingerprint density at radius 1 is 0.760 bits per heavy atom. The molecule has 0 radical (unpaired) electrons. The maximum absolute atomic E-state index is 9.00. The van der Waals surface area contributed by atoms with Gasteiger partial charge in [0.15, 0.2) is 0 Å². The molecule has 2 N–H and O–H groups in total. The Bertz CT molecular complexity index is 603. The largest absolute Gasteiger partial charge is 0.325 e. The van der Waals surface area contributed by atoms with Gasteiger partial charge >= 0.3 is 6.72 Å². The lowest BCUT2D eigenvalue weighted by Crippen LogP contribution is -2.01. The van der Waals surface area contributed by atoms with E-state index in [4.69, 9.17) is 14.3 Å². The predicted octanol–water partition coefficient (Wildman–Crippen LogP) is 5.38. The Kier molecular flexibility index (Phi) is 8.80. The van der Waals surface area contributed by atoms with Crippen LogP contribution in [0.4, 0.5) is 0 Å². The first-order valence-electron chi connectivity index (χ1n) is 8.86.